The summed E-state index contributed by atoms with van der Waals surface area (Å²) in [6, 6.07) is 19.1. The second-order valence-corrected chi connectivity index (χ2v) is 9.37. The number of aliphatic hydroxyl groups is 1. The van der Waals surface area contributed by atoms with E-state index in [2.05, 4.69) is 23.6 Å². The fraction of sp³-hybridized carbons (Fsp3) is 0.233. The molecule has 0 aliphatic carbocycles. The summed E-state index contributed by atoms with van der Waals surface area (Å²) < 4.78 is 28.9. The van der Waals surface area contributed by atoms with Gasteiger partial charge in [0, 0.05) is 36.9 Å². The van der Waals surface area contributed by atoms with E-state index in [1.807, 2.05) is 18.2 Å². The van der Waals surface area contributed by atoms with Gasteiger partial charge in [0.2, 0.25) is 0 Å². The van der Waals surface area contributed by atoms with E-state index in [9.17, 15) is 28.9 Å². The molecule has 1 heterocycles. The van der Waals surface area contributed by atoms with Crippen LogP contribution in [-0.2, 0) is 19.4 Å². The Balaban J connectivity index is 1.51. The first-order chi connectivity index (χ1) is 18.7. The fourth-order valence-electron chi connectivity index (χ4n) is 4.45. The maximum atomic E-state index is 13.9. The third-order valence-corrected chi connectivity index (χ3v) is 6.45. The lowest BCUT2D eigenvalue weighted by atomic mass is 10.00. The number of nitrogens with one attached hydrogen (secondary N) is 2. The predicted molar refractivity (Wildman–Crippen MR) is 144 cm³/mol. The summed E-state index contributed by atoms with van der Waals surface area (Å²) in [6.45, 7) is 2.68. The average Bonchev–Trinajstić information content (AvgIpc) is 3.25. The maximum absolute atomic E-state index is 13.9. The van der Waals surface area contributed by atoms with Crippen molar-refractivity contribution in [3.63, 3.8) is 0 Å². The average molecular weight is 536 g/mol. The monoisotopic (exact) mass is 535 g/mol. The van der Waals surface area contributed by atoms with Crippen LogP contribution in [0.5, 0.6) is 11.8 Å². The highest BCUT2D eigenvalue weighted by atomic mass is 19.1. The number of hydrogen-bond donors (Lipinski definition) is 5. The number of amides is 1. The molecule has 2 atom stereocenters. The third-order valence-electron chi connectivity index (χ3n) is 6.45. The molecule has 0 saturated carbocycles. The Bertz CT molecular complexity index is 1400. The number of aryl methyl sites for hydroxylation is 1. The molecule has 1 aromatic heterocycles. The number of carbonyl (C=O) groups excluding carboxylic acids is 1. The van der Waals surface area contributed by atoms with Crippen molar-refractivity contribution >= 4 is 5.91 Å². The topological polar surface area (TPSA) is 107 Å². The van der Waals surface area contributed by atoms with Crippen LogP contribution in [0.2, 0.25) is 0 Å². The molecule has 9 heteroatoms. The molecule has 3 aromatic carbocycles. The molecule has 0 unspecified atom stereocenters. The first-order valence-corrected chi connectivity index (χ1v) is 12.7. The highest BCUT2D eigenvalue weighted by molar-refractivity contribution is 5.95. The van der Waals surface area contributed by atoms with Gasteiger partial charge in [-0.3, -0.25) is 9.36 Å². The van der Waals surface area contributed by atoms with E-state index in [1.165, 1.54) is 23.8 Å². The van der Waals surface area contributed by atoms with Crippen molar-refractivity contribution in [2.45, 2.75) is 38.5 Å². The minimum atomic E-state index is -1.09. The van der Waals surface area contributed by atoms with E-state index in [4.69, 9.17) is 0 Å². The molecule has 1 amide bonds. The van der Waals surface area contributed by atoms with Gasteiger partial charge in [-0.1, -0.05) is 37.3 Å². The van der Waals surface area contributed by atoms with Crippen molar-refractivity contribution in [1.29, 1.82) is 0 Å². The van der Waals surface area contributed by atoms with Crippen molar-refractivity contribution in [2.75, 3.05) is 6.54 Å². The Morgan fingerprint density at radius 1 is 0.872 bits per heavy atom. The third kappa shape index (κ3) is 7.22. The Hall–Kier alpha value is -4.21. The molecule has 39 heavy (non-hydrogen) atoms. The highest BCUT2D eigenvalue weighted by Crippen LogP contribution is 2.27. The Morgan fingerprint density at radius 3 is 2.23 bits per heavy atom. The predicted octanol–water partition coefficient (Wildman–Crippen LogP) is 4.22. The molecular formula is C30H31F2N3O4. The van der Waals surface area contributed by atoms with Gasteiger partial charge in [0.1, 0.15) is 11.6 Å². The van der Waals surface area contributed by atoms with E-state index in [0.29, 0.717) is 12.2 Å². The number of carbonyl (C=O) groups is 1. The summed E-state index contributed by atoms with van der Waals surface area (Å²) >= 11 is 0. The van der Waals surface area contributed by atoms with Crippen molar-refractivity contribution in [3.8, 4) is 17.4 Å². The molecule has 0 aliphatic heterocycles. The van der Waals surface area contributed by atoms with Crippen molar-refractivity contribution in [1.82, 2.24) is 15.2 Å². The number of nitrogens with zero attached hydrogens (tertiary/aromatic N) is 1. The van der Waals surface area contributed by atoms with Crippen LogP contribution >= 0.6 is 0 Å². The molecule has 4 aromatic rings. The number of aromatic hydroxyl groups is 2. The van der Waals surface area contributed by atoms with Crippen molar-refractivity contribution in [3.05, 3.63) is 113 Å². The van der Waals surface area contributed by atoms with Gasteiger partial charge in [0.25, 0.3) is 5.91 Å². The first-order valence-electron chi connectivity index (χ1n) is 12.7. The van der Waals surface area contributed by atoms with Gasteiger partial charge in [0.15, 0.2) is 11.8 Å². The van der Waals surface area contributed by atoms with Crippen LogP contribution in [0, 0.1) is 11.6 Å². The number of aliphatic hydroxyl groups excluding tert-OH is 1. The zero-order chi connectivity index (χ0) is 27.9. The van der Waals surface area contributed by atoms with Gasteiger partial charge in [-0.25, -0.2) is 8.78 Å². The Labute approximate surface area is 225 Å². The molecular weight excluding hydrogens is 504 g/mol. The van der Waals surface area contributed by atoms with E-state index < -0.39 is 29.7 Å². The largest absolute Gasteiger partial charge is 0.494 e. The van der Waals surface area contributed by atoms with Crippen LogP contribution in [0.25, 0.3) is 5.69 Å². The summed E-state index contributed by atoms with van der Waals surface area (Å²) in [5, 5.41) is 37.1. The van der Waals surface area contributed by atoms with Gasteiger partial charge in [-0.15, -0.1) is 0 Å². The first kappa shape index (κ1) is 27.8. The van der Waals surface area contributed by atoms with Gasteiger partial charge in [-0.05, 0) is 59.9 Å². The number of benzene rings is 3. The number of hydrogen-bond acceptors (Lipinski definition) is 5. The van der Waals surface area contributed by atoms with Gasteiger partial charge in [-0.2, -0.15) is 0 Å². The molecule has 0 radical (unpaired) electrons. The molecule has 5 N–H and O–H groups in total. The summed E-state index contributed by atoms with van der Waals surface area (Å²) in [6.07, 6.45) is -0.206. The van der Waals surface area contributed by atoms with E-state index >= 15 is 0 Å². The molecule has 0 bridgehead atoms. The Kier molecular flexibility index (Phi) is 8.96. The summed E-state index contributed by atoms with van der Waals surface area (Å²) in [7, 11) is 0. The van der Waals surface area contributed by atoms with Crippen LogP contribution in [0.1, 0.15) is 34.0 Å². The second kappa shape index (κ2) is 12.6. The lowest BCUT2D eigenvalue weighted by molar-refractivity contribution is 0.0829. The SMILES string of the molecule is CCc1cccc(CNC[C@H](O)[C@@H](Cc2cc(F)cc(F)c2)NC(=O)c2cccc(-n3c(O)ccc3O)c2)c1. The van der Waals surface area contributed by atoms with E-state index in [0.717, 1.165) is 34.8 Å². The minimum absolute atomic E-state index is 0.0204. The van der Waals surface area contributed by atoms with E-state index in [1.54, 1.807) is 18.2 Å². The zero-order valence-corrected chi connectivity index (χ0v) is 21.4. The molecule has 204 valence electrons. The zero-order valence-electron chi connectivity index (χ0n) is 21.4. The van der Waals surface area contributed by atoms with Crippen molar-refractivity contribution in [2.24, 2.45) is 0 Å². The number of halogens is 2. The lowest BCUT2D eigenvalue weighted by Crippen LogP contribution is -2.48. The molecule has 4 rings (SSSR count). The lowest BCUT2D eigenvalue weighted by Gasteiger charge is -2.25. The van der Waals surface area contributed by atoms with Crippen LogP contribution in [0.15, 0.2) is 78.9 Å². The van der Waals surface area contributed by atoms with E-state index in [-0.39, 0.29) is 35.9 Å². The molecule has 0 saturated heterocycles. The number of aromatic nitrogens is 1. The number of rotatable bonds is 11. The smallest absolute Gasteiger partial charge is 0.251 e. The van der Waals surface area contributed by atoms with Gasteiger partial charge >= 0.3 is 0 Å². The van der Waals surface area contributed by atoms with Crippen LogP contribution in [0.3, 0.4) is 0 Å². The van der Waals surface area contributed by atoms with Gasteiger partial charge < -0.3 is 26.0 Å². The standard InChI is InChI=1S/C30H31F2N3O4/c1-2-19-5-3-6-20(11-19)17-33-18-27(36)26(14-21-12-23(31)16-24(32)13-21)34-30(39)22-7-4-8-25(15-22)35-28(37)9-10-29(35)38/h3-13,15-16,26-27,33,36-38H,2,14,17-18H2,1H3,(H,34,39)/t26-,27+/m1/s1. The molecule has 7 nitrogen and oxygen atoms in total. The summed E-state index contributed by atoms with van der Waals surface area (Å²) in [5.74, 6) is -2.46. The summed E-state index contributed by atoms with van der Waals surface area (Å²) in [5.41, 5.74) is 3.07. The normalized spacial score (nSPS) is 12.7. The molecule has 0 spiro atoms. The maximum Gasteiger partial charge on any atom is 0.251 e. The fourth-order valence-corrected chi connectivity index (χ4v) is 4.45. The van der Waals surface area contributed by atoms with Crippen LogP contribution in [-0.4, -0.2) is 44.5 Å². The van der Waals surface area contributed by atoms with Crippen LogP contribution in [0.4, 0.5) is 8.78 Å². The molecule has 0 aliphatic rings. The Morgan fingerprint density at radius 2 is 1.54 bits per heavy atom. The van der Waals surface area contributed by atoms with Crippen LogP contribution < -0.4 is 10.6 Å². The quantitative estimate of drug-likeness (QED) is 0.198. The second-order valence-electron chi connectivity index (χ2n) is 9.37. The molecule has 0 fully saturated rings. The van der Waals surface area contributed by atoms with Gasteiger partial charge in [0.05, 0.1) is 17.8 Å². The van der Waals surface area contributed by atoms with Crippen molar-refractivity contribution < 1.29 is 28.9 Å². The summed E-state index contributed by atoms with van der Waals surface area (Å²) in [4.78, 5) is 13.2. The minimum Gasteiger partial charge on any atom is -0.494 e. The highest BCUT2D eigenvalue weighted by Gasteiger charge is 2.23.